The van der Waals surface area contributed by atoms with Gasteiger partial charge in [-0.15, -0.1) is 21.5 Å². The monoisotopic (exact) mass is 442 g/mol. The van der Waals surface area contributed by atoms with Gasteiger partial charge in [0.05, 0.1) is 6.04 Å². The third-order valence-corrected chi connectivity index (χ3v) is 6.33. The van der Waals surface area contributed by atoms with Crippen molar-refractivity contribution < 1.29 is 9.59 Å². The molecule has 0 spiro atoms. The zero-order chi connectivity index (χ0) is 21.7. The van der Waals surface area contributed by atoms with E-state index in [1.807, 2.05) is 17.5 Å². The normalized spacial score (nSPS) is 12.2. The second-order valence-corrected chi connectivity index (χ2v) is 9.89. The highest BCUT2D eigenvalue weighted by Crippen LogP contribution is 2.26. The summed E-state index contributed by atoms with van der Waals surface area (Å²) in [5.41, 5.74) is 1.04. The van der Waals surface area contributed by atoms with Crippen molar-refractivity contribution in [3.05, 3.63) is 62.2 Å². The molecule has 0 aliphatic heterocycles. The van der Waals surface area contributed by atoms with Gasteiger partial charge in [0, 0.05) is 22.5 Å². The first-order valence-corrected chi connectivity index (χ1v) is 11.6. The predicted molar refractivity (Wildman–Crippen MR) is 122 cm³/mol. The maximum Gasteiger partial charge on any atom is 0.286 e. The molecule has 1 aromatic carbocycles. The van der Waals surface area contributed by atoms with Gasteiger partial charge in [0.2, 0.25) is 5.01 Å². The van der Waals surface area contributed by atoms with Gasteiger partial charge in [-0.05, 0) is 41.5 Å². The van der Waals surface area contributed by atoms with Gasteiger partial charge in [0.25, 0.3) is 11.8 Å². The predicted octanol–water partition coefficient (Wildman–Crippen LogP) is 5.18. The number of aromatic nitrogens is 2. The first-order valence-electron chi connectivity index (χ1n) is 9.91. The lowest BCUT2D eigenvalue weighted by Crippen LogP contribution is -2.31. The molecule has 1 atom stereocenters. The summed E-state index contributed by atoms with van der Waals surface area (Å²) >= 11 is 2.92. The fourth-order valence-corrected chi connectivity index (χ4v) is 4.85. The smallest absolute Gasteiger partial charge is 0.286 e. The molecule has 0 fully saturated rings. The molecule has 30 heavy (non-hydrogen) atoms. The number of rotatable bonds is 8. The van der Waals surface area contributed by atoms with E-state index in [0.717, 1.165) is 16.3 Å². The van der Waals surface area contributed by atoms with E-state index in [2.05, 4.69) is 48.5 Å². The maximum atomic E-state index is 12.8. The van der Waals surface area contributed by atoms with Gasteiger partial charge >= 0.3 is 0 Å². The summed E-state index contributed by atoms with van der Waals surface area (Å²) in [7, 11) is 0. The highest BCUT2D eigenvalue weighted by atomic mass is 32.1. The minimum absolute atomic E-state index is 0.0588. The Labute approximate surface area is 184 Å². The van der Waals surface area contributed by atoms with Gasteiger partial charge in [-0.2, -0.15) is 0 Å². The van der Waals surface area contributed by atoms with E-state index in [1.165, 1.54) is 11.3 Å². The fraction of sp³-hybridized carbons (Fsp3) is 0.364. The van der Waals surface area contributed by atoms with Crippen molar-refractivity contribution in [2.75, 3.05) is 5.32 Å². The molecule has 2 amide bonds. The van der Waals surface area contributed by atoms with Crippen molar-refractivity contribution in [3.8, 4) is 0 Å². The first kappa shape index (κ1) is 22.1. The van der Waals surface area contributed by atoms with Crippen molar-refractivity contribution in [1.29, 1.82) is 0 Å². The second-order valence-electron chi connectivity index (χ2n) is 7.84. The summed E-state index contributed by atoms with van der Waals surface area (Å²) < 4.78 is 0. The standard InChI is InChI=1S/C22H26N4O2S2/c1-13(2)11-18-25-26-22(30-18)21(28)23-16-8-5-7-15(12-16)20(27)24-19(14(3)4)17-9-6-10-29-17/h5-10,12-14,19H,11H2,1-4H3,(H,23,28)(H,24,27)/t19-/m1/s1. The summed E-state index contributed by atoms with van der Waals surface area (Å²) in [6, 6.07) is 10.9. The molecule has 6 nitrogen and oxygen atoms in total. The van der Waals surface area contributed by atoms with Crippen LogP contribution in [0, 0.1) is 11.8 Å². The zero-order valence-electron chi connectivity index (χ0n) is 17.5. The Morgan fingerprint density at radius 1 is 1.03 bits per heavy atom. The quantitative estimate of drug-likeness (QED) is 0.504. The van der Waals surface area contributed by atoms with E-state index in [-0.39, 0.29) is 23.8 Å². The second kappa shape index (κ2) is 9.95. The molecular weight excluding hydrogens is 416 g/mol. The topological polar surface area (TPSA) is 84.0 Å². The van der Waals surface area contributed by atoms with Gasteiger partial charge in [0.15, 0.2) is 0 Å². The van der Waals surface area contributed by atoms with Gasteiger partial charge in [-0.3, -0.25) is 9.59 Å². The molecule has 2 heterocycles. The number of nitrogens with one attached hydrogen (secondary N) is 2. The van der Waals surface area contributed by atoms with Crippen LogP contribution < -0.4 is 10.6 Å². The minimum Gasteiger partial charge on any atom is -0.344 e. The van der Waals surface area contributed by atoms with E-state index in [4.69, 9.17) is 0 Å². The SMILES string of the molecule is CC(C)Cc1nnc(C(=O)Nc2cccc(C(=O)N[C@@H](c3cccs3)C(C)C)c2)s1. The number of benzene rings is 1. The summed E-state index contributed by atoms with van der Waals surface area (Å²) in [6.45, 7) is 8.35. The summed E-state index contributed by atoms with van der Waals surface area (Å²) in [5.74, 6) is 0.216. The Kier molecular flexibility index (Phi) is 7.33. The van der Waals surface area contributed by atoms with Crippen LogP contribution in [0.1, 0.15) is 63.8 Å². The number of hydrogen-bond acceptors (Lipinski definition) is 6. The maximum absolute atomic E-state index is 12.8. The van der Waals surface area contributed by atoms with Crippen LogP contribution in [0.25, 0.3) is 0 Å². The number of carbonyl (C=O) groups excluding carboxylic acids is 2. The number of thiophene rings is 1. The molecule has 3 rings (SSSR count). The van der Waals surface area contributed by atoms with Crippen LogP contribution in [0.15, 0.2) is 41.8 Å². The molecule has 3 aromatic rings. The Morgan fingerprint density at radius 2 is 1.83 bits per heavy atom. The van der Waals surface area contributed by atoms with E-state index in [1.54, 1.807) is 35.6 Å². The molecule has 2 N–H and O–H groups in total. The molecule has 0 saturated carbocycles. The average molecular weight is 443 g/mol. The molecule has 0 unspecified atom stereocenters. The fourth-order valence-electron chi connectivity index (χ4n) is 2.96. The van der Waals surface area contributed by atoms with Crippen molar-refractivity contribution in [2.24, 2.45) is 11.8 Å². The van der Waals surface area contributed by atoms with E-state index < -0.39 is 0 Å². The van der Waals surface area contributed by atoms with Crippen LogP contribution in [0.4, 0.5) is 5.69 Å². The van der Waals surface area contributed by atoms with E-state index in [0.29, 0.717) is 22.2 Å². The first-order chi connectivity index (χ1) is 14.3. The number of nitrogens with zero attached hydrogens (tertiary/aromatic N) is 2. The molecule has 0 radical (unpaired) electrons. The van der Waals surface area contributed by atoms with Crippen LogP contribution >= 0.6 is 22.7 Å². The van der Waals surface area contributed by atoms with Gasteiger partial charge < -0.3 is 10.6 Å². The molecular formula is C22H26N4O2S2. The summed E-state index contributed by atoms with van der Waals surface area (Å²) in [4.78, 5) is 26.5. The third kappa shape index (κ3) is 5.73. The lowest BCUT2D eigenvalue weighted by Gasteiger charge is -2.21. The number of carbonyl (C=O) groups is 2. The molecule has 158 valence electrons. The van der Waals surface area contributed by atoms with E-state index >= 15 is 0 Å². The lowest BCUT2D eigenvalue weighted by atomic mass is 10.0. The van der Waals surface area contributed by atoms with Crippen LogP contribution in [0.5, 0.6) is 0 Å². The molecule has 0 bridgehead atoms. The van der Waals surface area contributed by atoms with Crippen molar-refractivity contribution in [2.45, 2.75) is 40.2 Å². The third-order valence-electron chi connectivity index (χ3n) is 4.43. The van der Waals surface area contributed by atoms with E-state index in [9.17, 15) is 9.59 Å². The highest BCUT2D eigenvalue weighted by molar-refractivity contribution is 7.13. The minimum atomic E-state index is -0.321. The Bertz CT molecular complexity index is 996. The van der Waals surface area contributed by atoms with Crippen LogP contribution in [-0.2, 0) is 6.42 Å². The highest BCUT2D eigenvalue weighted by Gasteiger charge is 2.20. The summed E-state index contributed by atoms with van der Waals surface area (Å²) in [6.07, 6.45) is 0.794. The Balaban J connectivity index is 1.68. The molecule has 0 aliphatic carbocycles. The van der Waals surface area contributed by atoms with Crippen molar-refractivity contribution >= 4 is 40.2 Å². The lowest BCUT2D eigenvalue weighted by molar-refractivity contribution is 0.0925. The Hall–Kier alpha value is -2.58. The largest absolute Gasteiger partial charge is 0.344 e. The number of anilines is 1. The van der Waals surface area contributed by atoms with Crippen LogP contribution in [0.3, 0.4) is 0 Å². The molecule has 8 heteroatoms. The molecule has 0 aliphatic rings. The van der Waals surface area contributed by atoms with Crippen LogP contribution in [0.2, 0.25) is 0 Å². The summed E-state index contributed by atoms with van der Waals surface area (Å²) in [5, 5.41) is 17.2. The van der Waals surface area contributed by atoms with Gasteiger partial charge in [-0.1, -0.05) is 51.2 Å². The number of hydrogen-bond donors (Lipinski definition) is 2. The average Bonchev–Trinajstić information content (AvgIpc) is 3.37. The zero-order valence-corrected chi connectivity index (χ0v) is 19.1. The van der Waals surface area contributed by atoms with Crippen molar-refractivity contribution in [1.82, 2.24) is 15.5 Å². The van der Waals surface area contributed by atoms with Crippen LogP contribution in [-0.4, -0.2) is 22.0 Å². The van der Waals surface area contributed by atoms with Crippen molar-refractivity contribution in [3.63, 3.8) is 0 Å². The molecule has 2 aromatic heterocycles. The number of amides is 2. The van der Waals surface area contributed by atoms with Gasteiger partial charge in [-0.25, -0.2) is 0 Å². The molecule has 0 saturated heterocycles. The Morgan fingerprint density at radius 3 is 2.50 bits per heavy atom. The van der Waals surface area contributed by atoms with Gasteiger partial charge in [0.1, 0.15) is 5.01 Å².